The summed E-state index contributed by atoms with van der Waals surface area (Å²) in [6, 6.07) is 8.92. The minimum atomic E-state index is -0.912. The van der Waals surface area contributed by atoms with E-state index in [4.69, 9.17) is 0 Å². The third-order valence-corrected chi connectivity index (χ3v) is 3.57. The van der Waals surface area contributed by atoms with Gasteiger partial charge in [-0.1, -0.05) is 22.0 Å². The molecule has 130 valence electrons. The fourth-order valence-electron chi connectivity index (χ4n) is 1.87. The molecule has 0 saturated carbocycles. The molecule has 0 bridgehead atoms. The Balaban J connectivity index is 1.83. The van der Waals surface area contributed by atoms with Crippen LogP contribution in [0.4, 0.5) is 8.78 Å². The molecule has 0 aromatic heterocycles. The second-order valence-corrected chi connectivity index (χ2v) is 5.82. The van der Waals surface area contributed by atoms with Crippen molar-refractivity contribution in [1.82, 2.24) is 5.32 Å². The molecular formula is C17H12BrF2NO4. The van der Waals surface area contributed by atoms with Gasteiger partial charge in [-0.15, -0.1) is 0 Å². The number of nitrogens with one attached hydrogen (secondary N) is 1. The molecule has 0 fully saturated rings. The van der Waals surface area contributed by atoms with Gasteiger partial charge in [0.25, 0.3) is 5.91 Å². The molecule has 25 heavy (non-hydrogen) atoms. The van der Waals surface area contributed by atoms with Gasteiger partial charge in [0.15, 0.2) is 6.61 Å². The van der Waals surface area contributed by atoms with Crippen LogP contribution < -0.4 is 5.32 Å². The van der Waals surface area contributed by atoms with E-state index in [1.807, 2.05) is 0 Å². The van der Waals surface area contributed by atoms with Gasteiger partial charge in [-0.3, -0.25) is 14.4 Å². The SMILES string of the molecule is O=C(CNC(=O)c1cccc(Br)c1)OCC(=O)c1cc(F)ccc1F. The molecular weight excluding hydrogens is 400 g/mol. The number of rotatable bonds is 6. The van der Waals surface area contributed by atoms with Crippen LogP contribution >= 0.6 is 15.9 Å². The first-order valence-electron chi connectivity index (χ1n) is 7.04. The molecule has 2 rings (SSSR count). The number of ketones is 1. The molecule has 8 heteroatoms. The van der Waals surface area contributed by atoms with Crippen molar-refractivity contribution < 1.29 is 27.9 Å². The molecule has 0 aliphatic rings. The summed E-state index contributed by atoms with van der Waals surface area (Å²) < 4.78 is 31.8. The molecule has 0 radical (unpaired) electrons. The lowest BCUT2D eigenvalue weighted by Crippen LogP contribution is -2.31. The molecule has 2 aromatic rings. The fourth-order valence-corrected chi connectivity index (χ4v) is 2.27. The van der Waals surface area contributed by atoms with E-state index in [9.17, 15) is 23.2 Å². The molecule has 0 saturated heterocycles. The van der Waals surface area contributed by atoms with Gasteiger partial charge in [-0.2, -0.15) is 0 Å². The van der Waals surface area contributed by atoms with Gasteiger partial charge in [0.1, 0.15) is 18.2 Å². The Kier molecular flexibility index (Phi) is 6.35. The van der Waals surface area contributed by atoms with Gasteiger partial charge in [-0.05, 0) is 36.4 Å². The number of carbonyl (C=O) groups excluding carboxylic acids is 3. The van der Waals surface area contributed by atoms with Crippen LogP contribution in [0.2, 0.25) is 0 Å². The Morgan fingerprint density at radius 3 is 2.56 bits per heavy atom. The van der Waals surface area contributed by atoms with Crippen LogP contribution in [0.1, 0.15) is 20.7 Å². The number of hydrogen-bond acceptors (Lipinski definition) is 4. The highest BCUT2D eigenvalue weighted by molar-refractivity contribution is 9.10. The summed E-state index contributed by atoms with van der Waals surface area (Å²) >= 11 is 3.22. The molecule has 1 N–H and O–H groups in total. The Morgan fingerprint density at radius 1 is 1.08 bits per heavy atom. The van der Waals surface area contributed by atoms with Crippen LogP contribution in [-0.2, 0) is 9.53 Å². The van der Waals surface area contributed by atoms with Gasteiger partial charge in [-0.25, -0.2) is 8.78 Å². The third kappa shape index (κ3) is 5.46. The van der Waals surface area contributed by atoms with Crippen LogP contribution in [0.5, 0.6) is 0 Å². The van der Waals surface area contributed by atoms with E-state index >= 15 is 0 Å². The van der Waals surface area contributed by atoms with E-state index in [1.165, 1.54) is 0 Å². The van der Waals surface area contributed by atoms with Crippen molar-refractivity contribution in [1.29, 1.82) is 0 Å². The summed E-state index contributed by atoms with van der Waals surface area (Å²) in [5, 5.41) is 2.33. The maximum Gasteiger partial charge on any atom is 0.325 e. The second kappa shape index (κ2) is 8.48. The number of hydrogen-bond donors (Lipinski definition) is 1. The van der Waals surface area contributed by atoms with Crippen molar-refractivity contribution in [3.63, 3.8) is 0 Å². The maximum absolute atomic E-state index is 13.4. The van der Waals surface area contributed by atoms with Crippen molar-refractivity contribution in [3.05, 3.63) is 69.7 Å². The lowest BCUT2D eigenvalue weighted by atomic mass is 10.1. The highest BCUT2D eigenvalue weighted by Crippen LogP contribution is 2.12. The summed E-state index contributed by atoms with van der Waals surface area (Å²) in [6.07, 6.45) is 0. The molecule has 1 amide bonds. The minimum Gasteiger partial charge on any atom is -0.456 e. The highest BCUT2D eigenvalue weighted by atomic mass is 79.9. The molecule has 0 unspecified atom stereocenters. The molecule has 0 spiro atoms. The molecule has 0 heterocycles. The standard InChI is InChI=1S/C17H12BrF2NO4/c18-11-3-1-2-10(6-11)17(24)21-8-16(23)25-9-15(22)13-7-12(19)4-5-14(13)20/h1-7H,8-9H2,(H,21,24). The van der Waals surface area contributed by atoms with Crippen molar-refractivity contribution in [2.45, 2.75) is 0 Å². The predicted octanol–water partition coefficient (Wildman–Crippen LogP) is 2.88. The Labute approximate surface area is 150 Å². The molecule has 0 aliphatic carbocycles. The lowest BCUT2D eigenvalue weighted by Gasteiger charge is -2.07. The summed E-state index contributed by atoms with van der Waals surface area (Å²) in [5.41, 5.74) is -0.175. The van der Waals surface area contributed by atoms with Crippen LogP contribution in [0.25, 0.3) is 0 Å². The predicted molar refractivity (Wildman–Crippen MR) is 88.1 cm³/mol. The van der Waals surface area contributed by atoms with E-state index in [2.05, 4.69) is 26.0 Å². The average molecular weight is 412 g/mol. The van der Waals surface area contributed by atoms with Gasteiger partial charge in [0.2, 0.25) is 5.78 Å². The Hall–Kier alpha value is -2.61. The fraction of sp³-hybridized carbons (Fsp3) is 0.118. The smallest absolute Gasteiger partial charge is 0.325 e. The van der Waals surface area contributed by atoms with E-state index < -0.39 is 48.0 Å². The minimum absolute atomic E-state index is 0.333. The van der Waals surface area contributed by atoms with E-state index in [0.29, 0.717) is 10.0 Å². The molecule has 0 aliphatic heterocycles. The number of Topliss-reactive ketones (excluding diaryl/α,β-unsaturated/α-hetero) is 1. The quantitative estimate of drug-likeness (QED) is 0.585. The summed E-state index contributed by atoms with van der Waals surface area (Å²) in [5.74, 6) is -3.96. The maximum atomic E-state index is 13.4. The topological polar surface area (TPSA) is 72.5 Å². The van der Waals surface area contributed by atoms with E-state index in [1.54, 1.807) is 24.3 Å². The zero-order valence-corrected chi connectivity index (χ0v) is 14.3. The lowest BCUT2D eigenvalue weighted by molar-refractivity contribution is -0.141. The van der Waals surface area contributed by atoms with Gasteiger partial charge >= 0.3 is 5.97 Å². The molecule has 0 atom stereocenters. The Morgan fingerprint density at radius 2 is 1.84 bits per heavy atom. The van der Waals surface area contributed by atoms with Crippen LogP contribution in [-0.4, -0.2) is 30.8 Å². The monoisotopic (exact) mass is 411 g/mol. The molecule has 5 nitrogen and oxygen atoms in total. The van der Waals surface area contributed by atoms with Gasteiger partial charge < -0.3 is 10.1 Å². The number of carbonyl (C=O) groups is 3. The number of esters is 1. The third-order valence-electron chi connectivity index (χ3n) is 3.07. The molecule has 2 aromatic carbocycles. The van der Waals surface area contributed by atoms with Crippen LogP contribution in [0.3, 0.4) is 0 Å². The first-order valence-corrected chi connectivity index (χ1v) is 7.84. The van der Waals surface area contributed by atoms with Crippen LogP contribution in [0, 0.1) is 11.6 Å². The van der Waals surface area contributed by atoms with Gasteiger partial charge in [0.05, 0.1) is 5.56 Å². The van der Waals surface area contributed by atoms with Crippen molar-refractivity contribution >= 4 is 33.6 Å². The average Bonchev–Trinajstić information content (AvgIpc) is 2.59. The summed E-state index contributed by atoms with van der Waals surface area (Å²) in [6.45, 7) is -1.23. The Bertz CT molecular complexity index is 826. The zero-order chi connectivity index (χ0) is 18.4. The van der Waals surface area contributed by atoms with Gasteiger partial charge in [0, 0.05) is 10.0 Å². The number of ether oxygens (including phenoxy) is 1. The normalized spacial score (nSPS) is 10.2. The summed E-state index contributed by atoms with van der Waals surface area (Å²) in [4.78, 5) is 35.2. The largest absolute Gasteiger partial charge is 0.456 e. The number of benzene rings is 2. The van der Waals surface area contributed by atoms with E-state index in [0.717, 1.165) is 18.2 Å². The zero-order valence-electron chi connectivity index (χ0n) is 12.7. The first-order chi connectivity index (χ1) is 11.9. The number of halogens is 3. The van der Waals surface area contributed by atoms with Crippen LogP contribution in [0.15, 0.2) is 46.9 Å². The number of amides is 1. The van der Waals surface area contributed by atoms with Crippen molar-refractivity contribution in [2.24, 2.45) is 0 Å². The first kappa shape index (κ1) is 18.7. The highest BCUT2D eigenvalue weighted by Gasteiger charge is 2.16. The van der Waals surface area contributed by atoms with Crippen molar-refractivity contribution in [2.75, 3.05) is 13.2 Å². The van der Waals surface area contributed by atoms with E-state index in [-0.39, 0.29) is 0 Å². The second-order valence-electron chi connectivity index (χ2n) is 4.90. The van der Waals surface area contributed by atoms with Crippen molar-refractivity contribution in [3.8, 4) is 0 Å². The summed E-state index contributed by atoms with van der Waals surface area (Å²) in [7, 11) is 0.